The molecular formula is C17H34O. The third-order valence-electron chi connectivity index (χ3n) is 4.72. The average Bonchev–Trinajstić information content (AvgIpc) is 2.29. The lowest BCUT2D eigenvalue weighted by Gasteiger charge is -2.46. The molecule has 0 atom stereocenters. The Bertz CT molecular complexity index is 204. The van der Waals surface area contributed by atoms with Crippen LogP contribution in [0.25, 0.3) is 0 Å². The van der Waals surface area contributed by atoms with Crippen molar-refractivity contribution >= 4 is 0 Å². The van der Waals surface area contributed by atoms with Crippen molar-refractivity contribution in [2.24, 2.45) is 11.8 Å². The fourth-order valence-corrected chi connectivity index (χ4v) is 3.18. The lowest BCUT2D eigenvalue weighted by atomic mass is 9.64. The highest BCUT2D eigenvalue weighted by atomic mass is 16.3. The molecule has 0 radical (unpaired) electrons. The minimum atomic E-state index is -0.281. The second-order valence-electron chi connectivity index (χ2n) is 6.86. The van der Waals surface area contributed by atoms with Gasteiger partial charge in [0.2, 0.25) is 0 Å². The summed E-state index contributed by atoms with van der Waals surface area (Å²) in [7, 11) is 0. The lowest BCUT2D eigenvalue weighted by Crippen LogP contribution is -2.45. The van der Waals surface area contributed by atoms with E-state index in [0.29, 0.717) is 0 Å². The molecule has 0 aliphatic heterocycles. The molecule has 0 heterocycles. The van der Waals surface area contributed by atoms with Gasteiger partial charge in [-0.2, -0.15) is 0 Å². The number of hydrogen-bond acceptors (Lipinski definition) is 1. The molecule has 0 aromatic heterocycles. The summed E-state index contributed by atoms with van der Waals surface area (Å²) >= 11 is 0. The first-order chi connectivity index (χ1) is 8.57. The Morgan fingerprint density at radius 2 is 1.44 bits per heavy atom. The molecule has 1 nitrogen and oxygen atoms in total. The molecule has 1 aliphatic carbocycles. The topological polar surface area (TPSA) is 20.2 Å². The van der Waals surface area contributed by atoms with Crippen molar-refractivity contribution < 1.29 is 5.11 Å². The smallest absolute Gasteiger partial charge is 0.0653 e. The highest BCUT2D eigenvalue weighted by Gasteiger charge is 2.42. The Kier molecular flexibility index (Phi) is 7.29. The third kappa shape index (κ3) is 5.73. The van der Waals surface area contributed by atoms with Crippen molar-refractivity contribution in [3.63, 3.8) is 0 Å². The summed E-state index contributed by atoms with van der Waals surface area (Å²) in [4.78, 5) is 0. The van der Waals surface area contributed by atoms with Crippen LogP contribution in [0.5, 0.6) is 0 Å². The van der Waals surface area contributed by atoms with E-state index >= 15 is 0 Å². The summed E-state index contributed by atoms with van der Waals surface area (Å²) in [5.74, 6) is 1.54. The molecule has 0 aromatic rings. The Labute approximate surface area is 114 Å². The first kappa shape index (κ1) is 16.0. The molecule has 1 heteroatoms. The quantitative estimate of drug-likeness (QED) is 0.523. The molecular weight excluding hydrogens is 220 g/mol. The van der Waals surface area contributed by atoms with Crippen molar-refractivity contribution in [1.29, 1.82) is 0 Å². The van der Waals surface area contributed by atoms with Gasteiger partial charge in [-0.05, 0) is 31.1 Å². The van der Waals surface area contributed by atoms with Crippen LogP contribution < -0.4 is 0 Å². The first-order valence-corrected chi connectivity index (χ1v) is 8.30. The van der Waals surface area contributed by atoms with E-state index in [0.717, 1.165) is 31.1 Å². The van der Waals surface area contributed by atoms with E-state index < -0.39 is 0 Å². The predicted octanol–water partition coefficient (Wildman–Crippen LogP) is 5.31. The predicted molar refractivity (Wildman–Crippen MR) is 79.7 cm³/mol. The second kappa shape index (κ2) is 8.19. The molecule has 1 saturated carbocycles. The van der Waals surface area contributed by atoms with Crippen LogP contribution in [0, 0.1) is 11.8 Å². The van der Waals surface area contributed by atoms with Crippen molar-refractivity contribution in [3.8, 4) is 0 Å². The number of unbranched alkanes of at least 4 members (excludes halogenated alkanes) is 7. The summed E-state index contributed by atoms with van der Waals surface area (Å²) in [6, 6.07) is 0. The minimum Gasteiger partial charge on any atom is -0.390 e. The summed E-state index contributed by atoms with van der Waals surface area (Å²) in [5, 5.41) is 10.3. The van der Waals surface area contributed by atoms with E-state index in [9.17, 15) is 5.11 Å². The zero-order valence-corrected chi connectivity index (χ0v) is 12.9. The Morgan fingerprint density at radius 3 is 1.94 bits per heavy atom. The van der Waals surface area contributed by atoms with Gasteiger partial charge in [0.05, 0.1) is 5.60 Å². The van der Waals surface area contributed by atoms with Crippen molar-refractivity contribution in [2.75, 3.05) is 0 Å². The van der Waals surface area contributed by atoms with E-state index in [2.05, 4.69) is 20.8 Å². The van der Waals surface area contributed by atoms with E-state index in [1.165, 1.54) is 51.4 Å². The molecule has 0 spiro atoms. The van der Waals surface area contributed by atoms with Crippen molar-refractivity contribution in [3.05, 3.63) is 0 Å². The molecule has 0 aromatic carbocycles. The number of rotatable bonds is 10. The van der Waals surface area contributed by atoms with Crippen molar-refractivity contribution in [2.45, 2.75) is 97.0 Å². The van der Waals surface area contributed by atoms with Crippen LogP contribution in [0.15, 0.2) is 0 Å². The summed E-state index contributed by atoms with van der Waals surface area (Å²) in [5.41, 5.74) is -0.281. The van der Waals surface area contributed by atoms with Crippen LogP contribution >= 0.6 is 0 Å². The molecule has 0 unspecified atom stereocenters. The van der Waals surface area contributed by atoms with Gasteiger partial charge in [0.25, 0.3) is 0 Å². The largest absolute Gasteiger partial charge is 0.390 e. The summed E-state index contributed by atoms with van der Waals surface area (Å²) < 4.78 is 0. The molecule has 108 valence electrons. The Balaban J connectivity index is 1.90. The van der Waals surface area contributed by atoms with Gasteiger partial charge in [-0.3, -0.25) is 0 Å². The number of hydrogen-bond donors (Lipinski definition) is 1. The highest BCUT2D eigenvalue weighted by molar-refractivity contribution is 4.94. The van der Waals surface area contributed by atoms with Gasteiger partial charge < -0.3 is 5.11 Å². The van der Waals surface area contributed by atoms with E-state index in [4.69, 9.17) is 0 Å². The zero-order chi connectivity index (χ0) is 13.4. The normalized spacial score (nSPS) is 27.5. The maximum atomic E-state index is 10.3. The Hall–Kier alpha value is -0.0400. The van der Waals surface area contributed by atoms with Gasteiger partial charge in [-0.15, -0.1) is 0 Å². The molecule has 1 fully saturated rings. The van der Waals surface area contributed by atoms with Crippen LogP contribution in [-0.4, -0.2) is 10.7 Å². The van der Waals surface area contributed by atoms with Crippen LogP contribution in [0.2, 0.25) is 0 Å². The van der Waals surface area contributed by atoms with Gasteiger partial charge >= 0.3 is 0 Å². The fraction of sp³-hybridized carbons (Fsp3) is 1.00. The van der Waals surface area contributed by atoms with E-state index in [-0.39, 0.29) is 5.60 Å². The van der Waals surface area contributed by atoms with Gasteiger partial charge in [0.1, 0.15) is 0 Å². The van der Waals surface area contributed by atoms with E-state index in [1.54, 1.807) is 0 Å². The van der Waals surface area contributed by atoms with Crippen LogP contribution in [-0.2, 0) is 0 Å². The molecule has 0 saturated heterocycles. The van der Waals surface area contributed by atoms with Gasteiger partial charge in [-0.1, -0.05) is 72.1 Å². The standard InChI is InChI=1S/C17H34O/c1-4-5-6-7-8-9-10-11-12-17(18)13-16(14-17)15(2)3/h15-16,18H,4-14H2,1-3H3. The van der Waals surface area contributed by atoms with Crippen molar-refractivity contribution in [1.82, 2.24) is 0 Å². The average molecular weight is 254 g/mol. The second-order valence-corrected chi connectivity index (χ2v) is 6.86. The zero-order valence-electron chi connectivity index (χ0n) is 12.9. The molecule has 1 rings (SSSR count). The van der Waals surface area contributed by atoms with Gasteiger partial charge in [-0.25, -0.2) is 0 Å². The van der Waals surface area contributed by atoms with E-state index in [1.807, 2.05) is 0 Å². The molecule has 1 aliphatic rings. The maximum Gasteiger partial charge on any atom is 0.0653 e. The highest BCUT2D eigenvalue weighted by Crippen LogP contribution is 2.44. The summed E-state index contributed by atoms with van der Waals surface area (Å²) in [6.45, 7) is 6.82. The Morgan fingerprint density at radius 1 is 0.944 bits per heavy atom. The lowest BCUT2D eigenvalue weighted by molar-refractivity contribution is -0.0936. The number of aliphatic hydroxyl groups is 1. The third-order valence-corrected chi connectivity index (χ3v) is 4.72. The maximum absolute atomic E-state index is 10.3. The van der Waals surface area contributed by atoms with Gasteiger partial charge in [0.15, 0.2) is 0 Å². The van der Waals surface area contributed by atoms with Gasteiger partial charge in [0, 0.05) is 0 Å². The first-order valence-electron chi connectivity index (χ1n) is 8.30. The molecule has 1 N–H and O–H groups in total. The monoisotopic (exact) mass is 254 g/mol. The van der Waals surface area contributed by atoms with Crippen LogP contribution in [0.1, 0.15) is 91.4 Å². The molecule has 0 bridgehead atoms. The van der Waals surface area contributed by atoms with Crippen LogP contribution in [0.4, 0.5) is 0 Å². The SMILES string of the molecule is CCCCCCCCCCC1(O)CC(C(C)C)C1. The fourth-order valence-electron chi connectivity index (χ4n) is 3.18. The minimum absolute atomic E-state index is 0.281. The molecule has 18 heavy (non-hydrogen) atoms. The summed E-state index contributed by atoms with van der Waals surface area (Å²) in [6.07, 6.45) is 14.0. The van der Waals surface area contributed by atoms with Crippen LogP contribution in [0.3, 0.4) is 0 Å². The molecule has 0 amide bonds.